The number of nitrogens with two attached hydrogens (primary N) is 1. The molecule has 3 N–H and O–H groups in total. The maximum Gasteiger partial charge on any atom is 0.134 e. The number of pyridine rings is 1. The van der Waals surface area contributed by atoms with E-state index >= 15 is 0 Å². The summed E-state index contributed by atoms with van der Waals surface area (Å²) in [7, 11) is 0. The molecule has 1 aromatic carbocycles. The number of nitrogens with zero attached hydrogens (tertiary/aromatic N) is 1. The molecule has 17 heavy (non-hydrogen) atoms. The summed E-state index contributed by atoms with van der Waals surface area (Å²) in [6.07, 6.45) is 1.71. The van der Waals surface area contributed by atoms with Crippen LogP contribution in [-0.4, -0.2) is 4.98 Å². The minimum Gasteiger partial charge on any atom is -0.340 e. The first kappa shape index (κ1) is 12.2. The molecule has 2 rings (SSSR count). The zero-order valence-corrected chi connectivity index (χ0v) is 10.5. The molecule has 0 spiro atoms. The minimum atomic E-state index is 0.428. The van der Waals surface area contributed by atoms with E-state index in [0.29, 0.717) is 16.6 Å². The van der Waals surface area contributed by atoms with Gasteiger partial charge in [-0.25, -0.2) is 4.98 Å². The van der Waals surface area contributed by atoms with Crippen molar-refractivity contribution in [3.05, 3.63) is 52.1 Å². The Labute approximate surface area is 110 Å². The van der Waals surface area contributed by atoms with Gasteiger partial charge in [0.25, 0.3) is 0 Å². The first-order valence-electron chi connectivity index (χ1n) is 5.06. The lowest BCUT2D eigenvalue weighted by atomic mass is 10.2. The molecule has 88 valence electrons. The van der Waals surface area contributed by atoms with Gasteiger partial charge in [0.05, 0.1) is 10.0 Å². The van der Waals surface area contributed by atoms with Crippen LogP contribution in [0.25, 0.3) is 0 Å². The summed E-state index contributed by atoms with van der Waals surface area (Å²) in [6, 6.07) is 9.09. The van der Waals surface area contributed by atoms with Gasteiger partial charge in [-0.2, -0.15) is 0 Å². The second kappa shape index (κ2) is 5.36. The molecule has 0 radical (unpaired) electrons. The molecular weight excluding hydrogens is 257 g/mol. The van der Waals surface area contributed by atoms with Gasteiger partial charge in [0.2, 0.25) is 0 Å². The molecule has 0 saturated heterocycles. The van der Waals surface area contributed by atoms with Gasteiger partial charge in [-0.3, -0.25) is 0 Å². The molecule has 0 aliphatic heterocycles. The average molecular weight is 268 g/mol. The van der Waals surface area contributed by atoms with Crippen LogP contribution in [0, 0.1) is 0 Å². The SMILES string of the molecule is NCc1cccnc1Nc1ccc(Cl)c(Cl)c1. The van der Waals surface area contributed by atoms with E-state index in [-0.39, 0.29) is 0 Å². The number of nitrogens with one attached hydrogen (secondary N) is 1. The molecular formula is C12H11Cl2N3. The van der Waals surface area contributed by atoms with Crippen LogP contribution in [0.1, 0.15) is 5.56 Å². The summed E-state index contributed by atoms with van der Waals surface area (Å²) in [5, 5.41) is 4.18. The molecule has 0 atom stereocenters. The molecule has 0 bridgehead atoms. The smallest absolute Gasteiger partial charge is 0.134 e. The van der Waals surface area contributed by atoms with Crippen LogP contribution in [0.3, 0.4) is 0 Å². The van der Waals surface area contributed by atoms with Crippen LogP contribution in [0.15, 0.2) is 36.5 Å². The predicted molar refractivity (Wildman–Crippen MR) is 71.9 cm³/mol. The number of aromatic nitrogens is 1. The van der Waals surface area contributed by atoms with Gasteiger partial charge in [0.15, 0.2) is 0 Å². The first-order chi connectivity index (χ1) is 8.20. The molecule has 0 fully saturated rings. The third-order valence-electron chi connectivity index (χ3n) is 2.29. The van der Waals surface area contributed by atoms with Gasteiger partial charge in [-0.05, 0) is 24.3 Å². The maximum absolute atomic E-state index is 5.94. The highest BCUT2D eigenvalue weighted by Gasteiger charge is 2.03. The van der Waals surface area contributed by atoms with Gasteiger partial charge in [0, 0.05) is 24.0 Å². The Morgan fingerprint density at radius 3 is 2.71 bits per heavy atom. The highest BCUT2D eigenvalue weighted by atomic mass is 35.5. The quantitative estimate of drug-likeness (QED) is 0.894. The highest BCUT2D eigenvalue weighted by Crippen LogP contribution is 2.27. The summed E-state index contributed by atoms with van der Waals surface area (Å²) in [5.74, 6) is 0.730. The van der Waals surface area contributed by atoms with Crippen molar-refractivity contribution in [2.24, 2.45) is 5.73 Å². The minimum absolute atomic E-state index is 0.428. The second-order valence-corrected chi connectivity index (χ2v) is 4.28. The van der Waals surface area contributed by atoms with Crippen molar-refractivity contribution in [3.8, 4) is 0 Å². The van der Waals surface area contributed by atoms with E-state index in [4.69, 9.17) is 28.9 Å². The van der Waals surface area contributed by atoms with Gasteiger partial charge >= 0.3 is 0 Å². The number of rotatable bonds is 3. The van der Waals surface area contributed by atoms with Crippen molar-refractivity contribution in [2.45, 2.75) is 6.54 Å². The first-order valence-corrected chi connectivity index (χ1v) is 5.82. The van der Waals surface area contributed by atoms with Crippen molar-refractivity contribution >= 4 is 34.7 Å². The van der Waals surface area contributed by atoms with Crippen LogP contribution >= 0.6 is 23.2 Å². The Kier molecular flexibility index (Phi) is 3.84. The van der Waals surface area contributed by atoms with Gasteiger partial charge in [0.1, 0.15) is 5.82 Å². The van der Waals surface area contributed by atoms with Gasteiger partial charge in [-0.15, -0.1) is 0 Å². The Morgan fingerprint density at radius 2 is 2.00 bits per heavy atom. The number of anilines is 2. The fraction of sp³-hybridized carbons (Fsp3) is 0.0833. The Balaban J connectivity index is 2.28. The molecule has 0 amide bonds. The van der Waals surface area contributed by atoms with Crippen molar-refractivity contribution in [2.75, 3.05) is 5.32 Å². The summed E-state index contributed by atoms with van der Waals surface area (Å²) in [4.78, 5) is 4.23. The van der Waals surface area contributed by atoms with Gasteiger partial charge in [-0.1, -0.05) is 29.3 Å². The van der Waals surface area contributed by atoms with Gasteiger partial charge < -0.3 is 11.1 Å². The van der Waals surface area contributed by atoms with Crippen LogP contribution in [0.2, 0.25) is 10.0 Å². The monoisotopic (exact) mass is 267 g/mol. The van der Waals surface area contributed by atoms with E-state index in [1.807, 2.05) is 18.2 Å². The molecule has 1 aromatic heterocycles. The Morgan fingerprint density at radius 1 is 1.18 bits per heavy atom. The summed E-state index contributed by atoms with van der Waals surface area (Å²) >= 11 is 11.8. The van der Waals surface area contributed by atoms with E-state index in [1.54, 1.807) is 18.3 Å². The Bertz CT molecular complexity index is 529. The number of hydrogen-bond donors (Lipinski definition) is 2. The fourth-order valence-electron chi connectivity index (χ4n) is 1.43. The topological polar surface area (TPSA) is 50.9 Å². The molecule has 5 heteroatoms. The summed E-state index contributed by atoms with van der Waals surface area (Å²) in [5.41, 5.74) is 7.40. The maximum atomic E-state index is 5.94. The van der Waals surface area contributed by atoms with Crippen molar-refractivity contribution in [1.82, 2.24) is 4.98 Å². The van der Waals surface area contributed by atoms with E-state index in [1.165, 1.54) is 0 Å². The number of hydrogen-bond acceptors (Lipinski definition) is 3. The molecule has 0 saturated carbocycles. The molecule has 0 unspecified atom stereocenters. The normalized spacial score (nSPS) is 10.3. The lowest BCUT2D eigenvalue weighted by Crippen LogP contribution is -2.03. The largest absolute Gasteiger partial charge is 0.340 e. The third kappa shape index (κ3) is 2.88. The predicted octanol–water partition coefficient (Wildman–Crippen LogP) is 3.59. The average Bonchev–Trinajstić information content (AvgIpc) is 2.34. The van der Waals surface area contributed by atoms with Crippen LogP contribution < -0.4 is 11.1 Å². The van der Waals surface area contributed by atoms with Crippen LogP contribution in [-0.2, 0) is 6.54 Å². The lowest BCUT2D eigenvalue weighted by molar-refractivity contribution is 1.05. The van der Waals surface area contributed by atoms with Crippen LogP contribution in [0.4, 0.5) is 11.5 Å². The lowest BCUT2D eigenvalue weighted by Gasteiger charge is -2.10. The van der Waals surface area contributed by atoms with Crippen LogP contribution in [0.5, 0.6) is 0 Å². The Hall–Kier alpha value is -1.29. The van der Waals surface area contributed by atoms with E-state index < -0.39 is 0 Å². The zero-order chi connectivity index (χ0) is 12.3. The van der Waals surface area contributed by atoms with E-state index in [2.05, 4.69) is 10.3 Å². The van der Waals surface area contributed by atoms with E-state index in [0.717, 1.165) is 17.1 Å². The highest BCUT2D eigenvalue weighted by molar-refractivity contribution is 6.42. The molecule has 2 aromatic rings. The third-order valence-corrected chi connectivity index (χ3v) is 3.03. The summed E-state index contributed by atoms with van der Waals surface area (Å²) < 4.78 is 0. The summed E-state index contributed by atoms with van der Waals surface area (Å²) in [6.45, 7) is 0.428. The molecule has 0 aliphatic rings. The zero-order valence-electron chi connectivity index (χ0n) is 8.95. The standard InChI is InChI=1S/C12H11Cl2N3/c13-10-4-3-9(6-11(10)14)17-12-8(7-15)2-1-5-16-12/h1-6H,7,15H2,(H,16,17). The molecule has 1 heterocycles. The number of benzene rings is 1. The van der Waals surface area contributed by atoms with E-state index in [9.17, 15) is 0 Å². The van der Waals surface area contributed by atoms with Crippen molar-refractivity contribution in [1.29, 1.82) is 0 Å². The fourth-order valence-corrected chi connectivity index (χ4v) is 1.72. The second-order valence-electron chi connectivity index (χ2n) is 3.47. The van der Waals surface area contributed by atoms with Crippen molar-refractivity contribution < 1.29 is 0 Å². The van der Waals surface area contributed by atoms with Crippen molar-refractivity contribution in [3.63, 3.8) is 0 Å². The molecule has 3 nitrogen and oxygen atoms in total. The number of halogens is 2. The molecule has 0 aliphatic carbocycles.